The van der Waals surface area contributed by atoms with Crippen LogP contribution in [0.25, 0.3) is 0 Å². The second kappa shape index (κ2) is 4.76. The Morgan fingerprint density at radius 1 is 1.27 bits per heavy atom. The van der Waals surface area contributed by atoms with E-state index in [4.69, 9.17) is 0 Å². The highest BCUT2D eigenvalue weighted by Crippen LogP contribution is 2.16. The van der Waals surface area contributed by atoms with Gasteiger partial charge >= 0.3 is 0 Å². The van der Waals surface area contributed by atoms with E-state index in [1.807, 2.05) is 0 Å². The molecule has 1 rings (SSSR count). The van der Waals surface area contributed by atoms with Crippen molar-refractivity contribution in [2.45, 2.75) is 4.90 Å². The summed E-state index contributed by atoms with van der Waals surface area (Å²) in [6.45, 7) is 0. The molecular weight excluding hydrogens is 280 g/mol. The molecule has 0 aliphatic heterocycles. The molecule has 6 heteroatoms. The van der Waals surface area contributed by atoms with Crippen LogP contribution in [0, 0.1) is 0 Å². The zero-order valence-electron chi connectivity index (χ0n) is 8.38. The number of sulfonamides is 1. The fraction of sp³-hybridized carbons (Fsp3) is 0.222. The third kappa shape index (κ3) is 3.64. The average molecular weight is 291 g/mol. The Balaban J connectivity index is 3.02. The van der Waals surface area contributed by atoms with E-state index < -0.39 is 10.0 Å². The second-order valence-corrected chi connectivity index (χ2v) is 5.66. The SMILES string of the molecule is CN(C)C=NS(=O)(=O)c1ccc(Br)cc1. The normalized spacial score (nSPS) is 11.9. The van der Waals surface area contributed by atoms with Crippen molar-refractivity contribution >= 4 is 32.3 Å². The molecule has 0 heterocycles. The molecule has 0 atom stereocenters. The lowest BCUT2D eigenvalue weighted by Crippen LogP contribution is -2.10. The summed E-state index contributed by atoms with van der Waals surface area (Å²) in [6.07, 6.45) is 1.26. The predicted molar refractivity (Wildman–Crippen MR) is 63.5 cm³/mol. The number of halogens is 1. The molecule has 0 unspecified atom stereocenters. The highest BCUT2D eigenvalue weighted by Gasteiger charge is 2.10. The summed E-state index contributed by atoms with van der Waals surface area (Å²) in [7, 11) is -0.147. The number of hydrogen-bond donors (Lipinski definition) is 0. The molecule has 1 aromatic carbocycles. The topological polar surface area (TPSA) is 49.7 Å². The lowest BCUT2D eigenvalue weighted by atomic mass is 10.4. The van der Waals surface area contributed by atoms with Crippen LogP contribution < -0.4 is 0 Å². The highest BCUT2D eigenvalue weighted by molar-refractivity contribution is 9.10. The molecule has 0 saturated carbocycles. The minimum Gasteiger partial charge on any atom is -0.368 e. The van der Waals surface area contributed by atoms with E-state index in [0.717, 1.165) is 4.47 Å². The maximum Gasteiger partial charge on any atom is 0.283 e. The minimum absolute atomic E-state index is 0.184. The van der Waals surface area contributed by atoms with Crippen LogP contribution in [0.3, 0.4) is 0 Å². The Kier molecular flexibility index (Phi) is 3.87. The largest absolute Gasteiger partial charge is 0.368 e. The van der Waals surface area contributed by atoms with Crippen molar-refractivity contribution in [3.63, 3.8) is 0 Å². The van der Waals surface area contributed by atoms with E-state index in [0.29, 0.717) is 0 Å². The van der Waals surface area contributed by atoms with Gasteiger partial charge in [0.2, 0.25) is 0 Å². The van der Waals surface area contributed by atoms with Gasteiger partial charge in [-0.15, -0.1) is 4.40 Å². The molecule has 4 nitrogen and oxygen atoms in total. The Bertz CT molecular complexity index is 452. The monoisotopic (exact) mass is 290 g/mol. The molecule has 0 spiro atoms. The Hall–Kier alpha value is -0.880. The van der Waals surface area contributed by atoms with Gasteiger partial charge in [-0.2, -0.15) is 8.42 Å². The average Bonchev–Trinajstić information content (AvgIpc) is 2.16. The fourth-order valence-corrected chi connectivity index (χ4v) is 2.00. The van der Waals surface area contributed by atoms with Gasteiger partial charge in [0.25, 0.3) is 10.0 Å². The van der Waals surface area contributed by atoms with Crippen molar-refractivity contribution in [3.8, 4) is 0 Å². The first kappa shape index (κ1) is 12.2. The van der Waals surface area contributed by atoms with Gasteiger partial charge in [-0.3, -0.25) is 0 Å². The third-order valence-corrected chi connectivity index (χ3v) is 3.30. The van der Waals surface area contributed by atoms with Crippen LogP contribution in [0.15, 0.2) is 38.0 Å². The highest BCUT2D eigenvalue weighted by atomic mass is 79.9. The standard InChI is InChI=1S/C9H11BrN2O2S/c1-12(2)7-11-15(13,14)9-5-3-8(10)4-6-9/h3-7H,1-2H3. The van der Waals surface area contributed by atoms with E-state index in [-0.39, 0.29) is 4.90 Å². The summed E-state index contributed by atoms with van der Waals surface area (Å²) in [5, 5.41) is 0. The number of hydrogen-bond acceptors (Lipinski definition) is 2. The first-order valence-corrected chi connectivity index (χ1v) is 6.37. The fourth-order valence-electron chi connectivity index (χ4n) is 0.824. The van der Waals surface area contributed by atoms with Crippen molar-refractivity contribution < 1.29 is 8.42 Å². The number of rotatable bonds is 3. The molecule has 0 amide bonds. The van der Waals surface area contributed by atoms with Crippen LogP contribution >= 0.6 is 15.9 Å². The minimum atomic E-state index is -3.57. The van der Waals surface area contributed by atoms with Crippen LogP contribution in [-0.2, 0) is 10.0 Å². The maximum atomic E-state index is 11.6. The van der Waals surface area contributed by atoms with Crippen molar-refractivity contribution in [1.29, 1.82) is 0 Å². The molecule has 0 aliphatic carbocycles. The molecule has 0 radical (unpaired) electrons. The molecule has 0 fully saturated rings. The Morgan fingerprint density at radius 3 is 2.27 bits per heavy atom. The van der Waals surface area contributed by atoms with Gasteiger partial charge in [-0.25, -0.2) is 0 Å². The van der Waals surface area contributed by atoms with Crippen LogP contribution in [0.5, 0.6) is 0 Å². The quantitative estimate of drug-likeness (QED) is 0.629. The van der Waals surface area contributed by atoms with E-state index in [1.165, 1.54) is 18.5 Å². The van der Waals surface area contributed by atoms with Crippen LogP contribution in [0.4, 0.5) is 0 Å². The summed E-state index contributed by atoms with van der Waals surface area (Å²) in [5.41, 5.74) is 0. The molecule has 0 bridgehead atoms. The number of nitrogens with zero attached hydrogens (tertiary/aromatic N) is 2. The Labute approximate surface area is 97.8 Å². The summed E-state index contributed by atoms with van der Waals surface area (Å²) in [5.74, 6) is 0. The molecule has 0 saturated heterocycles. The Morgan fingerprint density at radius 2 is 1.80 bits per heavy atom. The zero-order valence-corrected chi connectivity index (χ0v) is 10.8. The molecule has 0 aliphatic rings. The molecule has 82 valence electrons. The number of benzene rings is 1. The van der Waals surface area contributed by atoms with Gasteiger partial charge in [-0.1, -0.05) is 15.9 Å². The molecule has 1 aromatic rings. The van der Waals surface area contributed by atoms with Gasteiger partial charge in [0.15, 0.2) is 0 Å². The van der Waals surface area contributed by atoms with Crippen molar-refractivity contribution in [2.75, 3.05) is 14.1 Å². The summed E-state index contributed by atoms with van der Waals surface area (Å²) in [6, 6.07) is 6.34. The van der Waals surface area contributed by atoms with E-state index in [9.17, 15) is 8.42 Å². The van der Waals surface area contributed by atoms with E-state index >= 15 is 0 Å². The summed E-state index contributed by atoms with van der Waals surface area (Å²) < 4.78 is 27.6. The van der Waals surface area contributed by atoms with Crippen molar-refractivity contribution in [3.05, 3.63) is 28.7 Å². The first-order valence-electron chi connectivity index (χ1n) is 4.14. The van der Waals surface area contributed by atoms with Crippen LogP contribution in [0.2, 0.25) is 0 Å². The van der Waals surface area contributed by atoms with Gasteiger partial charge in [0, 0.05) is 18.6 Å². The summed E-state index contributed by atoms with van der Waals surface area (Å²) in [4.78, 5) is 1.75. The second-order valence-electron chi connectivity index (χ2n) is 3.11. The van der Waals surface area contributed by atoms with Crippen LogP contribution in [-0.4, -0.2) is 33.8 Å². The van der Waals surface area contributed by atoms with Crippen LogP contribution in [0.1, 0.15) is 0 Å². The molecule has 0 N–H and O–H groups in total. The summed E-state index contributed by atoms with van der Waals surface area (Å²) >= 11 is 3.23. The smallest absolute Gasteiger partial charge is 0.283 e. The molecule has 15 heavy (non-hydrogen) atoms. The van der Waals surface area contributed by atoms with Gasteiger partial charge in [0.1, 0.15) is 6.34 Å². The zero-order chi connectivity index (χ0) is 11.5. The van der Waals surface area contributed by atoms with Crippen molar-refractivity contribution in [2.24, 2.45) is 4.40 Å². The lowest BCUT2D eigenvalue weighted by molar-refractivity contribution is 0.595. The van der Waals surface area contributed by atoms with Gasteiger partial charge < -0.3 is 4.90 Å². The molecular formula is C9H11BrN2O2S. The van der Waals surface area contributed by atoms with Gasteiger partial charge in [-0.05, 0) is 24.3 Å². The van der Waals surface area contributed by atoms with Gasteiger partial charge in [0.05, 0.1) is 4.90 Å². The lowest BCUT2D eigenvalue weighted by Gasteiger charge is -2.03. The van der Waals surface area contributed by atoms with Crippen molar-refractivity contribution in [1.82, 2.24) is 4.90 Å². The third-order valence-electron chi connectivity index (χ3n) is 1.53. The predicted octanol–water partition coefficient (Wildman–Crippen LogP) is 1.73. The van der Waals surface area contributed by atoms with E-state index in [1.54, 1.807) is 31.1 Å². The first-order chi connectivity index (χ1) is 6.92. The maximum absolute atomic E-state index is 11.6. The molecule has 0 aromatic heterocycles. The van der Waals surface area contributed by atoms with E-state index in [2.05, 4.69) is 20.3 Å².